The van der Waals surface area contributed by atoms with Gasteiger partial charge in [0, 0.05) is 6.04 Å². The van der Waals surface area contributed by atoms with Crippen molar-refractivity contribution in [3.8, 4) is 0 Å². The number of hydrogen-bond donors (Lipinski definition) is 1. The molecule has 0 aliphatic carbocycles. The third kappa shape index (κ3) is 3.94. The Labute approximate surface area is 97.9 Å². The van der Waals surface area contributed by atoms with Gasteiger partial charge in [0.2, 0.25) is 10.0 Å². The number of aryl methyl sites for hydroxylation is 1. The highest BCUT2D eigenvalue weighted by molar-refractivity contribution is 7.89. The van der Waals surface area contributed by atoms with Gasteiger partial charge in [-0.1, -0.05) is 36.8 Å². The Kier molecular flexibility index (Phi) is 4.50. The Morgan fingerprint density at radius 1 is 1.25 bits per heavy atom. The molecule has 1 aromatic rings. The van der Waals surface area contributed by atoms with E-state index in [-0.39, 0.29) is 11.8 Å². The highest BCUT2D eigenvalue weighted by atomic mass is 32.2. The van der Waals surface area contributed by atoms with E-state index in [0.717, 1.165) is 5.56 Å². The summed E-state index contributed by atoms with van der Waals surface area (Å²) < 4.78 is 25.8. The maximum Gasteiger partial charge on any atom is 0.212 e. The molecule has 1 aromatic carbocycles. The standard InChI is InChI=1S/C12H19NO2S/c1-4-9-16(14,15)13-11(3)12-7-5-10(2)6-8-12/h5-8,11,13H,4,9H2,1-3H3/t11-/m1/s1. The highest BCUT2D eigenvalue weighted by Gasteiger charge is 2.14. The van der Waals surface area contributed by atoms with Gasteiger partial charge in [-0.25, -0.2) is 13.1 Å². The predicted octanol–water partition coefficient (Wildman–Crippen LogP) is 2.39. The maximum absolute atomic E-state index is 11.6. The van der Waals surface area contributed by atoms with Crippen LogP contribution in [0.15, 0.2) is 24.3 Å². The highest BCUT2D eigenvalue weighted by Crippen LogP contribution is 2.14. The molecule has 0 fully saturated rings. The zero-order valence-electron chi connectivity index (χ0n) is 10.0. The van der Waals surface area contributed by atoms with Gasteiger partial charge in [0.1, 0.15) is 0 Å². The van der Waals surface area contributed by atoms with Crippen molar-refractivity contribution in [3.05, 3.63) is 35.4 Å². The summed E-state index contributed by atoms with van der Waals surface area (Å²) in [5, 5.41) is 0. The molecule has 0 saturated carbocycles. The van der Waals surface area contributed by atoms with Crippen LogP contribution in [0.4, 0.5) is 0 Å². The molecular formula is C12H19NO2S. The Bertz CT molecular complexity index is 423. The van der Waals surface area contributed by atoms with Gasteiger partial charge in [-0.3, -0.25) is 0 Å². The van der Waals surface area contributed by atoms with E-state index < -0.39 is 10.0 Å². The first kappa shape index (κ1) is 13.2. The fourth-order valence-corrected chi connectivity index (χ4v) is 2.85. The van der Waals surface area contributed by atoms with Crippen LogP contribution in [0.5, 0.6) is 0 Å². The summed E-state index contributed by atoms with van der Waals surface area (Å²) in [5.41, 5.74) is 2.16. The lowest BCUT2D eigenvalue weighted by Gasteiger charge is -2.14. The molecule has 16 heavy (non-hydrogen) atoms. The number of sulfonamides is 1. The molecule has 0 radical (unpaired) electrons. The summed E-state index contributed by atoms with van der Waals surface area (Å²) in [6, 6.07) is 7.71. The van der Waals surface area contributed by atoms with E-state index >= 15 is 0 Å². The van der Waals surface area contributed by atoms with Gasteiger partial charge in [-0.05, 0) is 25.8 Å². The van der Waals surface area contributed by atoms with Gasteiger partial charge < -0.3 is 0 Å². The molecule has 4 heteroatoms. The van der Waals surface area contributed by atoms with E-state index in [4.69, 9.17) is 0 Å². The molecule has 3 nitrogen and oxygen atoms in total. The number of benzene rings is 1. The van der Waals surface area contributed by atoms with Gasteiger partial charge in [0.05, 0.1) is 5.75 Å². The molecule has 0 heterocycles. The molecular weight excluding hydrogens is 222 g/mol. The summed E-state index contributed by atoms with van der Waals surface area (Å²) in [6.07, 6.45) is 0.635. The second-order valence-corrected chi connectivity index (χ2v) is 5.94. The van der Waals surface area contributed by atoms with Crippen molar-refractivity contribution in [2.45, 2.75) is 33.2 Å². The Morgan fingerprint density at radius 3 is 2.31 bits per heavy atom. The van der Waals surface area contributed by atoms with E-state index in [1.807, 2.05) is 45.0 Å². The zero-order chi connectivity index (χ0) is 12.2. The molecule has 1 atom stereocenters. The predicted molar refractivity (Wildman–Crippen MR) is 66.8 cm³/mol. The minimum Gasteiger partial charge on any atom is -0.212 e. The Morgan fingerprint density at radius 2 is 1.81 bits per heavy atom. The smallest absolute Gasteiger partial charge is 0.212 e. The fourth-order valence-electron chi connectivity index (χ4n) is 1.52. The van der Waals surface area contributed by atoms with E-state index in [2.05, 4.69) is 4.72 Å². The van der Waals surface area contributed by atoms with Crippen LogP contribution in [-0.4, -0.2) is 14.2 Å². The third-order valence-corrected chi connectivity index (χ3v) is 4.06. The number of nitrogens with one attached hydrogen (secondary N) is 1. The van der Waals surface area contributed by atoms with Crippen molar-refractivity contribution in [1.82, 2.24) is 4.72 Å². The molecule has 0 aromatic heterocycles. The van der Waals surface area contributed by atoms with Crippen molar-refractivity contribution in [3.63, 3.8) is 0 Å². The third-order valence-electron chi connectivity index (χ3n) is 2.41. The van der Waals surface area contributed by atoms with E-state index in [1.54, 1.807) is 0 Å². The maximum atomic E-state index is 11.6. The summed E-state index contributed by atoms with van der Waals surface area (Å²) in [6.45, 7) is 5.73. The van der Waals surface area contributed by atoms with Gasteiger partial charge in [0.25, 0.3) is 0 Å². The summed E-state index contributed by atoms with van der Waals surface area (Å²) in [4.78, 5) is 0. The van der Waals surface area contributed by atoms with Gasteiger partial charge in [-0.15, -0.1) is 0 Å². The van der Waals surface area contributed by atoms with Crippen LogP contribution in [0.1, 0.15) is 37.4 Å². The van der Waals surface area contributed by atoms with Crippen LogP contribution in [0, 0.1) is 6.92 Å². The Balaban J connectivity index is 2.72. The lowest BCUT2D eigenvalue weighted by Crippen LogP contribution is -2.28. The van der Waals surface area contributed by atoms with E-state index in [9.17, 15) is 8.42 Å². The molecule has 0 amide bonds. The van der Waals surface area contributed by atoms with Gasteiger partial charge >= 0.3 is 0 Å². The fraction of sp³-hybridized carbons (Fsp3) is 0.500. The normalized spacial score (nSPS) is 13.7. The molecule has 0 aliphatic heterocycles. The van der Waals surface area contributed by atoms with E-state index in [0.29, 0.717) is 6.42 Å². The first-order valence-corrected chi connectivity index (χ1v) is 7.16. The van der Waals surface area contributed by atoms with Crippen LogP contribution >= 0.6 is 0 Å². The van der Waals surface area contributed by atoms with Crippen LogP contribution in [-0.2, 0) is 10.0 Å². The average molecular weight is 241 g/mol. The number of hydrogen-bond acceptors (Lipinski definition) is 2. The first-order chi connectivity index (χ1) is 7.44. The van der Waals surface area contributed by atoms with E-state index in [1.165, 1.54) is 5.56 Å². The van der Waals surface area contributed by atoms with Gasteiger partial charge in [0.15, 0.2) is 0 Å². The summed E-state index contributed by atoms with van der Waals surface area (Å²) in [7, 11) is -3.14. The lowest BCUT2D eigenvalue weighted by molar-refractivity contribution is 0.565. The Hall–Kier alpha value is -0.870. The van der Waals surface area contributed by atoms with Crippen molar-refractivity contribution in [2.75, 3.05) is 5.75 Å². The second kappa shape index (κ2) is 5.46. The summed E-state index contributed by atoms with van der Waals surface area (Å²) >= 11 is 0. The summed E-state index contributed by atoms with van der Waals surface area (Å²) in [5.74, 6) is 0.184. The molecule has 0 spiro atoms. The van der Waals surface area contributed by atoms with Crippen molar-refractivity contribution < 1.29 is 8.42 Å². The number of rotatable bonds is 5. The minimum atomic E-state index is -3.14. The lowest BCUT2D eigenvalue weighted by atomic mass is 10.1. The van der Waals surface area contributed by atoms with Gasteiger partial charge in [-0.2, -0.15) is 0 Å². The average Bonchev–Trinajstić information content (AvgIpc) is 2.17. The topological polar surface area (TPSA) is 46.2 Å². The van der Waals surface area contributed by atoms with Crippen molar-refractivity contribution in [2.24, 2.45) is 0 Å². The molecule has 0 bridgehead atoms. The van der Waals surface area contributed by atoms with Crippen molar-refractivity contribution in [1.29, 1.82) is 0 Å². The monoisotopic (exact) mass is 241 g/mol. The van der Waals surface area contributed by atoms with Crippen LogP contribution in [0.25, 0.3) is 0 Å². The first-order valence-electron chi connectivity index (χ1n) is 5.51. The molecule has 1 N–H and O–H groups in total. The van der Waals surface area contributed by atoms with Crippen LogP contribution in [0.3, 0.4) is 0 Å². The van der Waals surface area contributed by atoms with Crippen LogP contribution in [0.2, 0.25) is 0 Å². The molecule has 1 rings (SSSR count). The molecule has 0 unspecified atom stereocenters. The second-order valence-electron chi connectivity index (χ2n) is 4.07. The van der Waals surface area contributed by atoms with Crippen molar-refractivity contribution >= 4 is 10.0 Å². The quantitative estimate of drug-likeness (QED) is 0.860. The molecule has 90 valence electrons. The largest absolute Gasteiger partial charge is 0.212 e. The SMILES string of the molecule is CCCS(=O)(=O)N[C@H](C)c1ccc(C)cc1. The zero-order valence-corrected chi connectivity index (χ0v) is 10.8. The minimum absolute atomic E-state index is 0.169. The molecule has 0 saturated heterocycles. The molecule has 0 aliphatic rings. The van der Waals surface area contributed by atoms with Crippen LogP contribution < -0.4 is 4.72 Å².